The molecule has 4 rings (SSSR count). The van der Waals surface area contributed by atoms with Gasteiger partial charge in [0, 0.05) is 6.08 Å². The Bertz CT molecular complexity index is 1600. The summed E-state index contributed by atoms with van der Waals surface area (Å²) in [7, 11) is 0. The molecule has 0 bridgehead atoms. The first-order valence-electron chi connectivity index (χ1n) is 13.3. The third-order valence-electron chi connectivity index (χ3n) is 5.98. The number of nitrogens with one attached hydrogen (secondary N) is 1. The van der Waals surface area contributed by atoms with Crippen molar-refractivity contribution < 1.29 is 28.2 Å². The molecule has 0 radical (unpaired) electrons. The van der Waals surface area contributed by atoms with Crippen LogP contribution in [0.3, 0.4) is 0 Å². The fraction of sp³-hybridized carbons (Fsp3) is 0.147. The lowest BCUT2D eigenvalue weighted by atomic mass is 10.1. The lowest BCUT2D eigenvalue weighted by Crippen LogP contribution is -2.23. The quantitative estimate of drug-likeness (QED) is 0.0919. The van der Waals surface area contributed by atoms with E-state index < -0.39 is 11.9 Å². The van der Waals surface area contributed by atoms with Gasteiger partial charge in [0.15, 0.2) is 11.5 Å². The number of amides is 1. The first kappa shape index (κ1) is 29.4. The standard InChI is InChI=1S/C34H30N2O6/c1-3-39-32-20-27(19-28(21-35)34(38)36-22-30-5-4-18-40-30)12-16-31(32)42-33(37)17-13-25-10-14-29(15-11-25)41-23-26-8-6-24(2)7-9-26/h4-20H,3,22-23H2,1-2H3,(H,36,38)/b17-13+,28-19+. The molecular formula is C34H30N2O6. The third kappa shape index (κ3) is 8.73. The Morgan fingerprint density at radius 1 is 0.952 bits per heavy atom. The summed E-state index contributed by atoms with van der Waals surface area (Å²) in [5.74, 6) is 0.674. The normalized spacial score (nSPS) is 11.1. The topological polar surface area (TPSA) is 111 Å². The number of nitriles is 1. The Hall–Kier alpha value is -5.55. The summed E-state index contributed by atoms with van der Waals surface area (Å²) in [4.78, 5) is 25.0. The molecule has 0 unspecified atom stereocenters. The minimum absolute atomic E-state index is 0.0942. The number of hydrogen-bond donors (Lipinski definition) is 1. The van der Waals surface area contributed by atoms with Gasteiger partial charge in [0.2, 0.25) is 0 Å². The molecule has 0 fully saturated rings. The van der Waals surface area contributed by atoms with E-state index in [9.17, 15) is 14.9 Å². The van der Waals surface area contributed by atoms with Crippen molar-refractivity contribution in [2.45, 2.75) is 27.0 Å². The number of aryl methyl sites for hydroxylation is 1. The van der Waals surface area contributed by atoms with Crippen LogP contribution >= 0.6 is 0 Å². The number of hydrogen-bond acceptors (Lipinski definition) is 7. The highest BCUT2D eigenvalue weighted by molar-refractivity contribution is 6.01. The number of carbonyl (C=O) groups is 2. The van der Waals surface area contributed by atoms with Crippen LogP contribution in [-0.2, 0) is 22.7 Å². The summed E-state index contributed by atoms with van der Waals surface area (Å²) in [5.41, 5.74) is 3.52. The molecule has 42 heavy (non-hydrogen) atoms. The van der Waals surface area contributed by atoms with Gasteiger partial charge in [-0.1, -0.05) is 48.0 Å². The highest BCUT2D eigenvalue weighted by Crippen LogP contribution is 2.30. The minimum Gasteiger partial charge on any atom is -0.490 e. The molecule has 1 heterocycles. The van der Waals surface area contributed by atoms with Gasteiger partial charge >= 0.3 is 5.97 Å². The van der Waals surface area contributed by atoms with Crippen LogP contribution in [0.5, 0.6) is 17.2 Å². The van der Waals surface area contributed by atoms with Gasteiger partial charge in [-0.05, 0) is 79.1 Å². The van der Waals surface area contributed by atoms with Gasteiger partial charge in [-0.15, -0.1) is 0 Å². The molecule has 1 amide bonds. The molecule has 3 aromatic carbocycles. The largest absolute Gasteiger partial charge is 0.490 e. The molecule has 0 spiro atoms. The van der Waals surface area contributed by atoms with Crippen molar-refractivity contribution in [3.63, 3.8) is 0 Å². The fourth-order valence-electron chi connectivity index (χ4n) is 3.79. The van der Waals surface area contributed by atoms with Crippen LogP contribution in [0.15, 0.2) is 101 Å². The van der Waals surface area contributed by atoms with E-state index in [4.69, 9.17) is 18.6 Å². The summed E-state index contributed by atoms with van der Waals surface area (Å²) >= 11 is 0. The average molecular weight is 563 g/mol. The molecule has 0 saturated carbocycles. The Morgan fingerprint density at radius 2 is 1.71 bits per heavy atom. The number of nitrogens with zero attached hydrogens (tertiary/aromatic N) is 1. The number of carbonyl (C=O) groups excluding carboxylic acids is 2. The van der Waals surface area contributed by atoms with E-state index in [2.05, 4.69) is 5.32 Å². The van der Waals surface area contributed by atoms with Crippen molar-refractivity contribution in [1.29, 1.82) is 5.26 Å². The fourth-order valence-corrected chi connectivity index (χ4v) is 3.79. The van der Waals surface area contributed by atoms with E-state index in [1.807, 2.05) is 61.5 Å². The van der Waals surface area contributed by atoms with Gasteiger partial charge in [0.05, 0.1) is 19.4 Å². The SMILES string of the molecule is CCOc1cc(/C=C(\C#N)C(=O)NCc2ccco2)ccc1OC(=O)/C=C/c1ccc(OCc2ccc(C)cc2)cc1. The van der Waals surface area contributed by atoms with Crippen LogP contribution in [-0.4, -0.2) is 18.5 Å². The number of esters is 1. The first-order chi connectivity index (χ1) is 20.4. The number of benzene rings is 3. The highest BCUT2D eigenvalue weighted by atomic mass is 16.6. The molecule has 0 atom stereocenters. The van der Waals surface area contributed by atoms with Crippen LogP contribution in [0, 0.1) is 18.3 Å². The van der Waals surface area contributed by atoms with Gasteiger partial charge in [-0.2, -0.15) is 5.26 Å². The first-order valence-corrected chi connectivity index (χ1v) is 13.3. The lowest BCUT2D eigenvalue weighted by Gasteiger charge is -2.11. The second-order valence-corrected chi connectivity index (χ2v) is 9.17. The number of ether oxygens (including phenoxy) is 3. The summed E-state index contributed by atoms with van der Waals surface area (Å²) in [6.45, 7) is 4.78. The maximum absolute atomic E-state index is 12.6. The van der Waals surface area contributed by atoms with E-state index >= 15 is 0 Å². The Balaban J connectivity index is 1.35. The van der Waals surface area contributed by atoms with Gasteiger partial charge in [0.25, 0.3) is 5.91 Å². The van der Waals surface area contributed by atoms with E-state index in [0.29, 0.717) is 30.3 Å². The smallest absolute Gasteiger partial charge is 0.336 e. The molecule has 0 aliphatic rings. The maximum Gasteiger partial charge on any atom is 0.336 e. The average Bonchev–Trinajstić information content (AvgIpc) is 3.53. The van der Waals surface area contributed by atoms with Gasteiger partial charge in [0.1, 0.15) is 29.8 Å². The van der Waals surface area contributed by atoms with Crippen molar-refractivity contribution in [2.75, 3.05) is 6.61 Å². The molecule has 8 nitrogen and oxygen atoms in total. The van der Waals surface area contributed by atoms with Gasteiger partial charge in [-0.3, -0.25) is 4.79 Å². The van der Waals surface area contributed by atoms with Crippen molar-refractivity contribution in [3.05, 3.63) is 125 Å². The van der Waals surface area contributed by atoms with Crippen molar-refractivity contribution in [2.24, 2.45) is 0 Å². The third-order valence-corrected chi connectivity index (χ3v) is 5.98. The van der Waals surface area contributed by atoms with E-state index in [1.54, 1.807) is 43.3 Å². The molecular weight excluding hydrogens is 532 g/mol. The van der Waals surface area contributed by atoms with Crippen LogP contribution in [0.4, 0.5) is 0 Å². The zero-order valence-electron chi connectivity index (χ0n) is 23.3. The van der Waals surface area contributed by atoms with Gasteiger partial charge in [-0.25, -0.2) is 4.79 Å². The van der Waals surface area contributed by atoms with E-state index in [1.165, 1.54) is 24.0 Å². The molecule has 0 aliphatic carbocycles. The Labute approximate surface area is 244 Å². The predicted molar refractivity (Wildman–Crippen MR) is 158 cm³/mol. The molecule has 1 N–H and O–H groups in total. The van der Waals surface area contributed by atoms with Crippen LogP contribution < -0.4 is 19.5 Å². The molecule has 212 valence electrons. The summed E-state index contributed by atoms with van der Waals surface area (Å²) in [5, 5.41) is 12.1. The monoisotopic (exact) mass is 562 g/mol. The molecule has 0 aliphatic heterocycles. The molecule has 1 aromatic heterocycles. The number of furan rings is 1. The van der Waals surface area contributed by atoms with Crippen molar-refractivity contribution in [3.8, 4) is 23.3 Å². The zero-order chi connectivity index (χ0) is 29.7. The molecule has 8 heteroatoms. The van der Waals surface area contributed by atoms with Crippen LogP contribution in [0.25, 0.3) is 12.2 Å². The predicted octanol–water partition coefficient (Wildman–Crippen LogP) is 6.41. The summed E-state index contributed by atoms with van der Waals surface area (Å²) < 4.78 is 22.2. The summed E-state index contributed by atoms with van der Waals surface area (Å²) in [6, 6.07) is 25.7. The van der Waals surface area contributed by atoms with Gasteiger partial charge < -0.3 is 23.9 Å². The summed E-state index contributed by atoms with van der Waals surface area (Å²) in [6.07, 6.45) is 5.90. The van der Waals surface area contributed by atoms with Crippen molar-refractivity contribution >= 4 is 24.0 Å². The zero-order valence-corrected chi connectivity index (χ0v) is 23.3. The highest BCUT2D eigenvalue weighted by Gasteiger charge is 2.13. The Morgan fingerprint density at radius 3 is 2.40 bits per heavy atom. The maximum atomic E-state index is 12.6. The second kappa shape index (κ2) is 14.7. The second-order valence-electron chi connectivity index (χ2n) is 9.17. The number of rotatable bonds is 12. The molecule has 4 aromatic rings. The molecule has 0 saturated heterocycles. The Kier molecular flexibility index (Phi) is 10.3. The van der Waals surface area contributed by atoms with E-state index in [-0.39, 0.29) is 17.9 Å². The van der Waals surface area contributed by atoms with Crippen LogP contribution in [0.2, 0.25) is 0 Å². The van der Waals surface area contributed by atoms with Crippen LogP contribution in [0.1, 0.15) is 34.9 Å². The minimum atomic E-state index is -0.589. The van der Waals surface area contributed by atoms with Crippen molar-refractivity contribution in [1.82, 2.24) is 5.32 Å². The van der Waals surface area contributed by atoms with E-state index in [0.717, 1.165) is 16.9 Å². The lowest BCUT2D eigenvalue weighted by molar-refractivity contribution is -0.129.